The van der Waals surface area contributed by atoms with Crippen molar-refractivity contribution in [1.29, 1.82) is 0 Å². The zero-order valence-electron chi connectivity index (χ0n) is 12.3. The Kier molecular flexibility index (Phi) is 2.85. The summed E-state index contributed by atoms with van der Waals surface area (Å²) in [6.45, 7) is 3.82. The highest BCUT2D eigenvalue weighted by molar-refractivity contribution is 5.94. The Morgan fingerprint density at radius 3 is 2.86 bits per heavy atom. The van der Waals surface area contributed by atoms with Crippen LogP contribution in [0.3, 0.4) is 0 Å². The summed E-state index contributed by atoms with van der Waals surface area (Å²) in [6, 6.07) is 14.9. The van der Waals surface area contributed by atoms with E-state index in [0.717, 1.165) is 25.1 Å². The standard InChI is InChI=1S/C19H19NO/c1-13(21)14-6-7-19-16(10-14)8-9-20(19)12-17-11-15-4-2-3-5-18(15)17/h2-7,10,17H,8-9,11-12H2,1H3. The Hall–Kier alpha value is -2.09. The minimum Gasteiger partial charge on any atom is -0.370 e. The zero-order chi connectivity index (χ0) is 14.4. The molecule has 0 saturated carbocycles. The maximum Gasteiger partial charge on any atom is 0.159 e. The van der Waals surface area contributed by atoms with Crippen molar-refractivity contribution in [2.24, 2.45) is 0 Å². The van der Waals surface area contributed by atoms with Crippen LogP contribution in [0.1, 0.15) is 39.9 Å². The fraction of sp³-hybridized carbons (Fsp3) is 0.316. The SMILES string of the molecule is CC(=O)c1ccc2c(c1)CCN2CC1Cc2ccccc21. The van der Waals surface area contributed by atoms with Gasteiger partial charge in [-0.3, -0.25) is 4.79 Å². The number of fused-ring (bicyclic) bond motifs is 2. The Morgan fingerprint density at radius 2 is 2.05 bits per heavy atom. The summed E-state index contributed by atoms with van der Waals surface area (Å²) in [6.07, 6.45) is 2.26. The van der Waals surface area contributed by atoms with Gasteiger partial charge in [0.1, 0.15) is 0 Å². The predicted octanol–water partition coefficient (Wildman–Crippen LogP) is 3.59. The molecular formula is C19H19NO. The lowest BCUT2D eigenvalue weighted by atomic mass is 9.77. The third-order valence-corrected chi connectivity index (χ3v) is 4.88. The number of rotatable bonds is 3. The number of Topliss-reactive ketones (excluding diaryl/α,β-unsaturated/α-hetero) is 1. The molecule has 2 nitrogen and oxygen atoms in total. The van der Waals surface area contributed by atoms with Gasteiger partial charge in [0.25, 0.3) is 0 Å². The molecule has 1 unspecified atom stereocenters. The molecule has 1 aliphatic heterocycles. The van der Waals surface area contributed by atoms with Crippen LogP contribution < -0.4 is 4.90 Å². The van der Waals surface area contributed by atoms with Gasteiger partial charge < -0.3 is 4.90 Å². The van der Waals surface area contributed by atoms with E-state index in [-0.39, 0.29) is 5.78 Å². The maximum atomic E-state index is 11.5. The van der Waals surface area contributed by atoms with Crippen LogP contribution >= 0.6 is 0 Å². The molecule has 0 radical (unpaired) electrons. The first-order valence-electron chi connectivity index (χ1n) is 7.69. The van der Waals surface area contributed by atoms with Crippen LogP contribution in [0, 0.1) is 0 Å². The van der Waals surface area contributed by atoms with E-state index in [4.69, 9.17) is 0 Å². The first-order chi connectivity index (χ1) is 10.2. The number of hydrogen-bond acceptors (Lipinski definition) is 2. The second-order valence-corrected chi connectivity index (χ2v) is 6.20. The number of nitrogens with zero attached hydrogens (tertiary/aromatic N) is 1. The van der Waals surface area contributed by atoms with Crippen molar-refractivity contribution < 1.29 is 4.79 Å². The molecule has 0 N–H and O–H groups in total. The van der Waals surface area contributed by atoms with E-state index in [1.54, 1.807) is 6.92 Å². The number of hydrogen-bond donors (Lipinski definition) is 0. The van der Waals surface area contributed by atoms with Gasteiger partial charge in [0.15, 0.2) is 5.78 Å². The van der Waals surface area contributed by atoms with E-state index in [1.165, 1.54) is 28.8 Å². The van der Waals surface area contributed by atoms with Gasteiger partial charge >= 0.3 is 0 Å². The molecule has 1 atom stereocenters. The Morgan fingerprint density at radius 1 is 1.19 bits per heavy atom. The van der Waals surface area contributed by atoms with Gasteiger partial charge in [-0.05, 0) is 54.7 Å². The lowest BCUT2D eigenvalue weighted by Crippen LogP contribution is -2.32. The number of carbonyl (C=O) groups is 1. The van der Waals surface area contributed by atoms with E-state index < -0.39 is 0 Å². The minimum atomic E-state index is 0.157. The summed E-state index contributed by atoms with van der Waals surface area (Å²) in [5, 5.41) is 0. The molecule has 1 aliphatic carbocycles. The molecule has 4 rings (SSSR count). The zero-order valence-corrected chi connectivity index (χ0v) is 12.3. The topological polar surface area (TPSA) is 20.3 Å². The van der Waals surface area contributed by atoms with Crippen molar-refractivity contribution in [2.75, 3.05) is 18.0 Å². The van der Waals surface area contributed by atoms with Crippen molar-refractivity contribution in [3.05, 3.63) is 64.7 Å². The summed E-state index contributed by atoms with van der Waals surface area (Å²) in [5.41, 5.74) is 6.52. The summed E-state index contributed by atoms with van der Waals surface area (Å²) >= 11 is 0. The monoisotopic (exact) mass is 277 g/mol. The average molecular weight is 277 g/mol. The second-order valence-electron chi connectivity index (χ2n) is 6.20. The number of anilines is 1. The summed E-state index contributed by atoms with van der Waals surface area (Å²) in [7, 11) is 0. The molecule has 0 bridgehead atoms. The van der Waals surface area contributed by atoms with E-state index >= 15 is 0 Å². The van der Waals surface area contributed by atoms with Crippen LogP contribution in [-0.4, -0.2) is 18.9 Å². The molecule has 21 heavy (non-hydrogen) atoms. The summed E-state index contributed by atoms with van der Waals surface area (Å²) in [4.78, 5) is 14.0. The van der Waals surface area contributed by atoms with Crippen LogP contribution in [0.4, 0.5) is 5.69 Å². The van der Waals surface area contributed by atoms with Crippen LogP contribution in [0.2, 0.25) is 0 Å². The van der Waals surface area contributed by atoms with Gasteiger partial charge in [-0.15, -0.1) is 0 Å². The predicted molar refractivity (Wildman–Crippen MR) is 85.3 cm³/mol. The van der Waals surface area contributed by atoms with Crippen molar-refractivity contribution in [2.45, 2.75) is 25.7 Å². The van der Waals surface area contributed by atoms with Crippen molar-refractivity contribution in [3.63, 3.8) is 0 Å². The molecule has 2 aromatic carbocycles. The molecule has 106 valence electrons. The lowest BCUT2D eigenvalue weighted by molar-refractivity contribution is 0.101. The molecule has 0 aromatic heterocycles. The molecule has 2 aliphatic rings. The van der Waals surface area contributed by atoms with Gasteiger partial charge in [-0.1, -0.05) is 24.3 Å². The number of ketones is 1. The van der Waals surface area contributed by atoms with E-state index in [0.29, 0.717) is 5.92 Å². The van der Waals surface area contributed by atoms with E-state index in [2.05, 4.69) is 41.3 Å². The molecule has 0 spiro atoms. The smallest absolute Gasteiger partial charge is 0.159 e. The number of carbonyl (C=O) groups excluding carboxylic acids is 1. The second kappa shape index (κ2) is 4.73. The third kappa shape index (κ3) is 2.06. The third-order valence-electron chi connectivity index (χ3n) is 4.88. The fourth-order valence-electron chi connectivity index (χ4n) is 3.67. The van der Waals surface area contributed by atoms with Gasteiger partial charge in [0.2, 0.25) is 0 Å². The van der Waals surface area contributed by atoms with Crippen LogP contribution in [0.5, 0.6) is 0 Å². The molecule has 0 fully saturated rings. The Labute approximate surface area is 125 Å². The Balaban J connectivity index is 1.54. The highest BCUT2D eigenvalue weighted by Crippen LogP contribution is 2.38. The van der Waals surface area contributed by atoms with E-state index in [9.17, 15) is 4.79 Å². The maximum absolute atomic E-state index is 11.5. The highest BCUT2D eigenvalue weighted by Gasteiger charge is 2.29. The van der Waals surface area contributed by atoms with Crippen LogP contribution in [-0.2, 0) is 12.8 Å². The minimum absolute atomic E-state index is 0.157. The van der Waals surface area contributed by atoms with Gasteiger partial charge in [-0.25, -0.2) is 0 Å². The van der Waals surface area contributed by atoms with Crippen molar-refractivity contribution >= 4 is 11.5 Å². The summed E-state index contributed by atoms with van der Waals surface area (Å²) in [5.74, 6) is 0.823. The molecule has 0 amide bonds. The molecule has 1 heterocycles. The van der Waals surface area contributed by atoms with Crippen LogP contribution in [0.25, 0.3) is 0 Å². The lowest BCUT2D eigenvalue weighted by Gasteiger charge is -2.34. The van der Waals surface area contributed by atoms with Gasteiger partial charge in [0.05, 0.1) is 0 Å². The molecule has 2 aromatic rings. The first kappa shape index (κ1) is 12.6. The fourth-order valence-corrected chi connectivity index (χ4v) is 3.67. The largest absolute Gasteiger partial charge is 0.370 e. The highest BCUT2D eigenvalue weighted by atomic mass is 16.1. The average Bonchev–Trinajstić information content (AvgIpc) is 2.87. The van der Waals surface area contributed by atoms with Gasteiger partial charge in [0, 0.05) is 30.3 Å². The molecule has 2 heteroatoms. The van der Waals surface area contributed by atoms with Crippen molar-refractivity contribution in [1.82, 2.24) is 0 Å². The Bertz CT molecular complexity index is 719. The molecular weight excluding hydrogens is 258 g/mol. The van der Waals surface area contributed by atoms with E-state index in [1.807, 2.05) is 6.07 Å². The summed E-state index contributed by atoms with van der Waals surface area (Å²) < 4.78 is 0. The first-order valence-corrected chi connectivity index (χ1v) is 7.69. The normalized spacial score (nSPS) is 18.9. The van der Waals surface area contributed by atoms with Crippen LogP contribution in [0.15, 0.2) is 42.5 Å². The molecule has 0 saturated heterocycles. The quantitative estimate of drug-likeness (QED) is 0.799. The van der Waals surface area contributed by atoms with Gasteiger partial charge in [-0.2, -0.15) is 0 Å². The van der Waals surface area contributed by atoms with Crippen molar-refractivity contribution in [3.8, 4) is 0 Å². The number of benzene rings is 2.